The molecule has 86 valence electrons. The fourth-order valence-corrected chi connectivity index (χ4v) is 1.30. The van der Waals surface area contributed by atoms with Crippen LogP contribution in [0.5, 0.6) is 5.75 Å². The first-order valence-corrected chi connectivity index (χ1v) is 4.76. The third-order valence-corrected chi connectivity index (χ3v) is 2.31. The van der Waals surface area contributed by atoms with Crippen LogP contribution in [-0.4, -0.2) is 18.3 Å². The van der Waals surface area contributed by atoms with Crippen molar-refractivity contribution in [3.05, 3.63) is 29.8 Å². The summed E-state index contributed by atoms with van der Waals surface area (Å²) in [6.45, 7) is 1.95. The van der Waals surface area contributed by atoms with Gasteiger partial charge < -0.3 is 15.6 Å². The molecule has 0 fully saturated rings. The lowest BCUT2D eigenvalue weighted by Crippen LogP contribution is -2.27. The highest BCUT2D eigenvalue weighted by molar-refractivity contribution is 5.30. The van der Waals surface area contributed by atoms with Crippen LogP contribution < -0.4 is 10.5 Å². The van der Waals surface area contributed by atoms with E-state index in [9.17, 15) is 5.11 Å². The molecule has 1 rings (SSSR count). The van der Waals surface area contributed by atoms with E-state index in [1.165, 1.54) is 0 Å². The van der Waals surface area contributed by atoms with Crippen molar-refractivity contribution in [1.82, 2.24) is 0 Å². The number of rotatable bonds is 4. The summed E-state index contributed by atoms with van der Waals surface area (Å²) in [6, 6.07) is 7.12. The van der Waals surface area contributed by atoms with Gasteiger partial charge in [0.1, 0.15) is 5.75 Å². The molecule has 0 heterocycles. The summed E-state index contributed by atoms with van der Waals surface area (Å²) >= 11 is 0. The zero-order valence-corrected chi connectivity index (χ0v) is 8.60. The summed E-state index contributed by atoms with van der Waals surface area (Å²) in [4.78, 5) is 0. The molecule has 0 saturated carbocycles. The molecule has 0 aromatic heterocycles. The van der Waals surface area contributed by atoms with Crippen molar-refractivity contribution in [2.24, 2.45) is 5.73 Å². The van der Waals surface area contributed by atoms with Crippen LogP contribution in [0.4, 0.5) is 0 Å². The lowest BCUT2D eigenvalue weighted by Gasteiger charge is -2.17. The molecule has 0 spiro atoms. The zero-order chi connectivity index (χ0) is 10.6. The first-order valence-electron chi connectivity index (χ1n) is 4.76. The number of ether oxygens (including phenoxy) is 1. The van der Waals surface area contributed by atoms with E-state index in [1.807, 2.05) is 25.1 Å². The quantitative estimate of drug-likeness (QED) is 0.802. The van der Waals surface area contributed by atoms with Crippen molar-refractivity contribution >= 4 is 0 Å². The fraction of sp³-hybridized carbons (Fsp3) is 0.500. The van der Waals surface area contributed by atoms with E-state index in [1.54, 1.807) is 13.2 Å². The number of aliphatic hydroxyl groups excluding tert-OH is 1. The topological polar surface area (TPSA) is 55.5 Å². The Labute approximate surface area is 91.9 Å². The van der Waals surface area contributed by atoms with Crippen LogP contribution in [0.3, 0.4) is 0 Å². The first kappa shape index (κ1) is 13.9. The van der Waals surface area contributed by atoms with E-state index in [-0.39, 0.29) is 13.5 Å². The molecule has 0 saturated heterocycles. The molecule has 0 aliphatic carbocycles. The Kier molecular flexibility index (Phi) is 5.97. The molecule has 3 heteroatoms. The van der Waals surface area contributed by atoms with Crippen LogP contribution in [0.1, 0.15) is 32.4 Å². The second-order valence-electron chi connectivity index (χ2n) is 3.29. The van der Waals surface area contributed by atoms with Gasteiger partial charge in [-0.05, 0) is 24.1 Å². The Morgan fingerprint density at radius 1 is 1.47 bits per heavy atom. The lowest BCUT2D eigenvalue weighted by molar-refractivity contribution is 0.144. The standard InChI is InChI=1S/C11H17NO2.CH4/c1-3-10(12)11(13)8-5-4-6-9(7-8)14-2;/h4-7,10-11,13H,3,12H2,1-2H3;1H4/t10-,11+;/m0./s1. The van der Waals surface area contributed by atoms with Gasteiger partial charge in [-0.2, -0.15) is 0 Å². The van der Waals surface area contributed by atoms with Gasteiger partial charge in [0.15, 0.2) is 0 Å². The number of nitrogens with two attached hydrogens (primary N) is 1. The SMILES string of the molecule is C.CC[C@H](N)[C@H](O)c1cccc(OC)c1. The van der Waals surface area contributed by atoms with E-state index in [0.717, 1.165) is 17.7 Å². The summed E-state index contributed by atoms with van der Waals surface area (Å²) in [6.07, 6.45) is 0.133. The molecule has 3 nitrogen and oxygen atoms in total. The van der Waals surface area contributed by atoms with Gasteiger partial charge in [0.2, 0.25) is 0 Å². The highest BCUT2D eigenvalue weighted by atomic mass is 16.5. The van der Waals surface area contributed by atoms with E-state index < -0.39 is 6.10 Å². The normalized spacial score (nSPS) is 13.9. The van der Waals surface area contributed by atoms with E-state index in [0.29, 0.717) is 0 Å². The Bertz CT molecular complexity index is 289. The van der Waals surface area contributed by atoms with Crippen molar-refractivity contribution in [3.8, 4) is 5.75 Å². The van der Waals surface area contributed by atoms with Gasteiger partial charge in [0.05, 0.1) is 13.2 Å². The smallest absolute Gasteiger partial charge is 0.119 e. The number of benzene rings is 1. The zero-order valence-electron chi connectivity index (χ0n) is 8.60. The monoisotopic (exact) mass is 211 g/mol. The van der Waals surface area contributed by atoms with Gasteiger partial charge in [0.25, 0.3) is 0 Å². The molecular formula is C12H21NO2. The molecule has 0 aliphatic rings. The van der Waals surface area contributed by atoms with Gasteiger partial charge >= 0.3 is 0 Å². The Balaban J connectivity index is 0.00000196. The second-order valence-corrected chi connectivity index (χ2v) is 3.29. The summed E-state index contributed by atoms with van der Waals surface area (Å²) < 4.78 is 5.07. The highest BCUT2D eigenvalue weighted by Gasteiger charge is 2.15. The maximum atomic E-state index is 9.83. The molecule has 15 heavy (non-hydrogen) atoms. The predicted octanol–water partition coefficient (Wildman–Crippen LogP) is 2.10. The maximum Gasteiger partial charge on any atom is 0.119 e. The molecular weight excluding hydrogens is 190 g/mol. The second kappa shape index (κ2) is 6.43. The van der Waals surface area contributed by atoms with Crippen LogP contribution >= 0.6 is 0 Å². The van der Waals surface area contributed by atoms with Gasteiger partial charge in [0, 0.05) is 6.04 Å². The molecule has 3 N–H and O–H groups in total. The maximum absolute atomic E-state index is 9.83. The van der Waals surface area contributed by atoms with Crippen LogP contribution in [0, 0.1) is 0 Å². The largest absolute Gasteiger partial charge is 0.497 e. The first-order chi connectivity index (χ1) is 6.69. The minimum absolute atomic E-state index is 0. The molecule has 0 aliphatic heterocycles. The van der Waals surface area contributed by atoms with Gasteiger partial charge in [-0.3, -0.25) is 0 Å². The average Bonchev–Trinajstić information content (AvgIpc) is 2.27. The minimum atomic E-state index is -0.616. The third-order valence-electron chi connectivity index (χ3n) is 2.31. The number of methoxy groups -OCH3 is 1. The summed E-state index contributed by atoms with van der Waals surface area (Å²) in [7, 11) is 1.60. The van der Waals surface area contributed by atoms with Crippen LogP contribution in [0.15, 0.2) is 24.3 Å². The van der Waals surface area contributed by atoms with Crippen molar-refractivity contribution in [2.45, 2.75) is 32.9 Å². The van der Waals surface area contributed by atoms with Crippen molar-refractivity contribution in [3.63, 3.8) is 0 Å². The van der Waals surface area contributed by atoms with Crippen LogP contribution in [0.2, 0.25) is 0 Å². The van der Waals surface area contributed by atoms with Crippen LogP contribution in [0.25, 0.3) is 0 Å². The van der Waals surface area contributed by atoms with E-state index in [4.69, 9.17) is 10.5 Å². The minimum Gasteiger partial charge on any atom is -0.497 e. The molecule has 0 bridgehead atoms. The Morgan fingerprint density at radius 3 is 2.67 bits per heavy atom. The lowest BCUT2D eigenvalue weighted by atomic mass is 10.0. The summed E-state index contributed by atoms with van der Waals surface area (Å²) in [5, 5.41) is 9.83. The number of hydrogen-bond donors (Lipinski definition) is 2. The number of aliphatic hydroxyl groups is 1. The van der Waals surface area contributed by atoms with Crippen LogP contribution in [-0.2, 0) is 0 Å². The summed E-state index contributed by atoms with van der Waals surface area (Å²) in [5.74, 6) is 0.741. The highest BCUT2D eigenvalue weighted by Crippen LogP contribution is 2.21. The third kappa shape index (κ3) is 3.53. The van der Waals surface area contributed by atoms with E-state index in [2.05, 4.69) is 0 Å². The molecule has 2 atom stereocenters. The Morgan fingerprint density at radius 2 is 2.13 bits per heavy atom. The fourth-order valence-electron chi connectivity index (χ4n) is 1.30. The molecule has 0 unspecified atom stereocenters. The van der Waals surface area contributed by atoms with Gasteiger partial charge in [-0.25, -0.2) is 0 Å². The summed E-state index contributed by atoms with van der Waals surface area (Å²) in [5.41, 5.74) is 6.55. The molecule has 0 amide bonds. The molecule has 1 aromatic carbocycles. The Hall–Kier alpha value is -1.06. The van der Waals surface area contributed by atoms with Crippen molar-refractivity contribution < 1.29 is 9.84 Å². The number of hydrogen-bond acceptors (Lipinski definition) is 3. The van der Waals surface area contributed by atoms with Crippen molar-refractivity contribution in [1.29, 1.82) is 0 Å². The molecule has 1 aromatic rings. The molecule has 0 radical (unpaired) electrons. The average molecular weight is 211 g/mol. The van der Waals surface area contributed by atoms with Gasteiger partial charge in [-0.1, -0.05) is 26.5 Å². The van der Waals surface area contributed by atoms with E-state index >= 15 is 0 Å². The predicted molar refractivity (Wildman–Crippen MR) is 63.0 cm³/mol. The van der Waals surface area contributed by atoms with Gasteiger partial charge in [-0.15, -0.1) is 0 Å². The van der Waals surface area contributed by atoms with Crippen molar-refractivity contribution in [2.75, 3.05) is 7.11 Å².